The number of nitrogens with one attached hydrogen (secondary N) is 2. The fourth-order valence-corrected chi connectivity index (χ4v) is 4.28. The summed E-state index contributed by atoms with van der Waals surface area (Å²) in [7, 11) is 0. The summed E-state index contributed by atoms with van der Waals surface area (Å²) in [5.74, 6) is -2.81. The molecule has 0 unspecified atom stereocenters. The van der Waals surface area contributed by atoms with Gasteiger partial charge in [-0.3, -0.25) is 9.59 Å². The normalized spacial score (nSPS) is 13.0. The second-order valence-corrected chi connectivity index (χ2v) is 7.49. The van der Waals surface area contributed by atoms with Crippen molar-refractivity contribution in [1.29, 1.82) is 0 Å². The summed E-state index contributed by atoms with van der Waals surface area (Å²) < 4.78 is 18.1. The van der Waals surface area contributed by atoms with Crippen LogP contribution in [0.4, 0.5) is 9.39 Å². The van der Waals surface area contributed by atoms with Crippen molar-refractivity contribution in [3.05, 3.63) is 51.7 Å². The summed E-state index contributed by atoms with van der Waals surface area (Å²) in [5, 5.41) is 6.68. The zero-order valence-corrected chi connectivity index (χ0v) is 16.8. The van der Waals surface area contributed by atoms with Crippen molar-refractivity contribution in [2.75, 3.05) is 11.9 Å². The molecule has 0 spiro atoms. The number of amides is 2. The van der Waals surface area contributed by atoms with Crippen molar-refractivity contribution in [2.45, 2.75) is 33.1 Å². The Morgan fingerprint density at radius 3 is 2.59 bits per heavy atom. The first-order valence-corrected chi connectivity index (χ1v) is 9.95. The predicted octanol–water partition coefficient (Wildman–Crippen LogP) is 3.03. The number of nitrogens with zero attached hydrogens (tertiary/aromatic N) is 1. The third kappa shape index (κ3) is 4.68. The van der Waals surface area contributed by atoms with E-state index in [4.69, 9.17) is 4.74 Å². The molecule has 3 rings (SSSR count). The van der Waals surface area contributed by atoms with E-state index in [0.29, 0.717) is 21.8 Å². The largest absolute Gasteiger partial charge is 0.462 e. The van der Waals surface area contributed by atoms with Gasteiger partial charge < -0.3 is 10.1 Å². The van der Waals surface area contributed by atoms with Gasteiger partial charge in [-0.2, -0.15) is 5.10 Å². The summed E-state index contributed by atoms with van der Waals surface area (Å²) in [6.07, 6.45) is 2.51. The lowest BCUT2D eigenvalue weighted by molar-refractivity contribution is -0.136. The monoisotopic (exact) mass is 417 g/mol. The van der Waals surface area contributed by atoms with Crippen LogP contribution in [0.1, 0.15) is 46.6 Å². The summed E-state index contributed by atoms with van der Waals surface area (Å²) >= 11 is 1.29. The first-order valence-electron chi connectivity index (χ1n) is 9.14. The minimum Gasteiger partial charge on any atom is -0.462 e. The van der Waals surface area contributed by atoms with E-state index in [-0.39, 0.29) is 12.4 Å². The highest BCUT2D eigenvalue weighted by molar-refractivity contribution is 7.17. The zero-order chi connectivity index (χ0) is 21.0. The third-order valence-corrected chi connectivity index (χ3v) is 5.63. The average Bonchev–Trinajstić information content (AvgIpc) is 3.27. The lowest BCUT2D eigenvalue weighted by Gasteiger charge is -2.07. The number of hydrogen-bond donors (Lipinski definition) is 2. The van der Waals surface area contributed by atoms with E-state index in [0.717, 1.165) is 29.7 Å². The SMILES string of the molecule is CCOC(=O)c1c(NC(=O)C(=O)NN=C(C)c2ccc(F)cc2)sc2c1CCC2. The first kappa shape index (κ1) is 20.7. The van der Waals surface area contributed by atoms with Crippen LogP contribution in [0.15, 0.2) is 29.4 Å². The molecular formula is C20H20FN3O4S. The Morgan fingerprint density at radius 1 is 1.17 bits per heavy atom. The highest BCUT2D eigenvalue weighted by atomic mass is 32.1. The minimum absolute atomic E-state index is 0.217. The molecule has 1 aromatic carbocycles. The number of thiophene rings is 1. The maximum absolute atomic E-state index is 13.0. The van der Waals surface area contributed by atoms with E-state index in [1.807, 2.05) is 0 Å². The fraction of sp³-hybridized carbons (Fsp3) is 0.300. The molecular weight excluding hydrogens is 397 g/mol. The van der Waals surface area contributed by atoms with Gasteiger partial charge >= 0.3 is 17.8 Å². The molecule has 0 saturated heterocycles. The lowest BCUT2D eigenvalue weighted by Crippen LogP contribution is -2.33. The quantitative estimate of drug-likeness (QED) is 0.338. The van der Waals surface area contributed by atoms with Crippen molar-refractivity contribution in [3.63, 3.8) is 0 Å². The Kier molecular flexibility index (Phi) is 6.38. The van der Waals surface area contributed by atoms with Crippen molar-refractivity contribution >= 4 is 39.8 Å². The number of esters is 1. The molecule has 2 N–H and O–H groups in total. The molecule has 9 heteroatoms. The van der Waals surface area contributed by atoms with Gasteiger partial charge in [-0.05, 0) is 56.4 Å². The highest BCUT2D eigenvalue weighted by Gasteiger charge is 2.29. The molecule has 1 aromatic heterocycles. The summed E-state index contributed by atoms with van der Waals surface area (Å²) in [6, 6.07) is 5.57. The number of carbonyl (C=O) groups is 3. The van der Waals surface area contributed by atoms with Crippen molar-refractivity contribution < 1.29 is 23.5 Å². The smallest absolute Gasteiger partial charge is 0.341 e. The fourth-order valence-electron chi connectivity index (χ4n) is 3.01. The molecule has 29 heavy (non-hydrogen) atoms. The molecule has 1 aliphatic rings. The molecule has 0 radical (unpaired) electrons. The molecule has 0 atom stereocenters. The number of hydrogen-bond acceptors (Lipinski definition) is 6. The van der Waals surface area contributed by atoms with Gasteiger partial charge in [0.05, 0.1) is 17.9 Å². The average molecular weight is 417 g/mol. The van der Waals surface area contributed by atoms with E-state index < -0.39 is 17.8 Å². The molecule has 0 bridgehead atoms. The number of fused-ring (bicyclic) bond motifs is 1. The van der Waals surface area contributed by atoms with Gasteiger partial charge in [0.2, 0.25) is 0 Å². The van der Waals surface area contributed by atoms with Crippen LogP contribution in [-0.2, 0) is 27.2 Å². The van der Waals surface area contributed by atoms with Crippen LogP contribution in [-0.4, -0.2) is 30.1 Å². The van der Waals surface area contributed by atoms with Crippen LogP contribution < -0.4 is 10.7 Å². The molecule has 2 amide bonds. The lowest BCUT2D eigenvalue weighted by atomic mass is 10.1. The van der Waals surface area contributed by atoms with Crippen LogP contribution in [0, 0.1) is 5.82 Å². The van der Waals surface area contributed by atoms with Gasteiger partial charge in [0.25, 0.3) is 0 Å². The number of aryl methyl sites for hydroxylation is 1. The molecule has 1 heterocycles. The van der Waals surface area contributed by atoms with Gasteiger partial charge in [-0.15, -0.1) is 11.3 Å². The Balaban J connectivity index is 1.70. The van der Waals surface area contributed by atoms with Gasteiger partial charge in [-0.25, -0.2) is 14.6 Å². The number of anilines is 1. The van der Waals surface area contributed by atoms with Crippen LogP contribution in [0.5, 0.6) is 0 Å². The Morgan fingerprint density at radius 2 is 1.90 bits per heavy atom. The Bertz CT molecular complexity index is 982. The molecule has 7 nitrogen and oxygen atoms in total. The Labute approximate surface area is 171 Å². The van der Waals surface area contributed by atoms with E-state index in [2.05, 4.69) is 15.8 Å². The molecule has 0 aliphatic heterocycles. The van der Waals surface area contributed by atoms with Gasteiger partial charge in [0.1, 0.15) is 10.8 Å². The van der Waals surface area contributed by atoms with Crippen LogP contribution in [0.3, 0.4) is 0 Å². The number of hydrazone groups is 1. The van der Waals surface area contributed by atoms with Crippen molar-refractivity contribution in [2.24, 2.45) is 5.10 Å². The van der Waals surface area contributed by atoms with E-state index in [1.165, 1.54) is 35.6 Å². The van der Waals surface area contributed by atoms with E-state index >= 15 is 0 Å². The number of halogens is 1. The highest BCUT2D eigenvalue weighted by Crippen LogP contribution is 2.39. The third-order valence-electron chi connectivity index (χ3n) is 4.42. The molecule has 152 valence electrons. The number of carbonyl (C=O) groups excluding carboxylic acids is 3. The maximum atomic E-state index is 13.0. The van der Waals surface area contributed by atoms with Crippen LogP contribution in [0.25, 0.3) is 0 Å². The Hall–Kier alpha value is -3.07. The molecule has 0 saturated carbocycles. The summed E-state index contributed by atoms with van der Waals surface area (Å²) in [5.41, 5.74) is 4.40. The standard InChI is InChI=1S/C20H20FN3O4S/c1-3-28-20(27)16-14-5-4-6-15(14)29-19(16)22-17(25)18(26)24-23-11(2)12-7-9-13(21)10-8-12/h7-10H,3-6H2,1-2H3,(H,22,25)(H,24,26). The first-order chi connectivity index (χ1) is 13.9. The zero-order valence-electron chi connectivity index (χ0n) is 16.0. The molecule has 1 aliphatic carbocycles. The maximum Gasteiger partial charge on any atom is 0.341 e. The van der Waals surface area contributed by atoms with Crippen molar-refractivity contribution in [1.82, 2.24) is 5.43 Å². The second-order valence-electron chi connectivity index (χ2n) is 6.38. The minimum atomic E-state index is -0.977. The number of benzene rings is 1. The second kappa shape index (κ2) is 8.95. The summed E-state index contributed by atoms with van der Waals surface area (Å²) in [6.45, 7) is 3.54. The van der Waals surface area contributed by atoms with E-state index in [9.17, 15) is 18.8 Å². The predicted molar refractivity (Wildman–Crippen MR) is 108 cm³/mol. The topological polar surface area (TPSA) is 96.9 Å². The number of ether oxygens (including phenoxy) is 1. The van der Waals surface area contributed by atoms with E-state index in [1.54, 1.807) is 13.8 Å². The van der Waals surface area contributed by atoms with Gasteiger partial charge in [0, 0.05) is 4.88 Å². The molecule has 0 fully saturated rings. The van der Waals surface area contributed by atoms with Gasteiger partial charge in [0.15, 0.2) is 0 Å². The van der Waals surface area contributed by atoms with Crippen molar-refractivity contribution in [3.8, 4) is 0 Å². The van der Waals surface area contributed by atoms with Crippen LogP contribution in [0.2, 0.25) is 0 Å². The van der Waals surface area contributed by atoms with Crippen LogP contribution >= 0.6 is 11.3 Å². The molecule has 2 aromatic rings. The summed E-state index contributed by atoms with van der Waals surface area (Å²) in [4.78, 5) is 37.7. The van der Waals surface area contributed by atoms with Gasteiger partial charge in [-0.1, -0.05) is 12.1 Å². The number of rotatable bonds is 5.